The fourth-order valence-electron chi connectivity index (χ4n) is 1.87. The Hall–Kier alpha value is 0.150. The SMILES string of the molecule is CN(C)CCN1CCN(CC(Br)C(F)(F)F)CC1. The minimum absolute atomic E-state index is 0.0466. The minimum Gasteiger partial charge on any atom is -0.308 e. The first-order chi connectivity index (χ1) is 8.29. The Bertz CT molecular complexity index is 240. The number of alkyl halides is 4. The predicted molar refractivity (Wildman–Crippen MR) is 70.2 cm³/mol. The first-order valence-corrected chi connectivity index (χ1v) is 7.01. The third kappa shape index (κ3) is 5.86. The summed E-state index contributed by atoms with van der Waals surface area (Å²) >= 11 is 2.71. The van der Waals surface area contributed by atoms with Crippen molar-refractivity contribution < 1.29 is 13.2 Å². The van der Waals surface area contributed by atoms with Crippen molar-refractivity contribution in [2.45, 2.75) is 11.0 Å². The Labute approximate surface area is 115 Å². The molecule has 0 radical (unpaired) electrons. The number of piperazine rings is 1. The van der Waals surface area contributed by atoms with Crippen LogP contribution in [0.3, 0.4) is 0 Å². The fourth-order valence-corrected chi connectivity index (χ4v) is 2.28. The van der Waals surface area contributed by atoms with E-state index in [1.807, 2.05) is 19.0 Å². The summed E-state index contributed by atoms with van der Waals surface area (Å²) in [5, 5.41) is 0. The molecule has 7 heteroatoms. The maximum absolute atomic E-state index is 12.4. The molecule has 1 aliphatic rings. The van der Waals surface area contributed by atoms with Gasteiger partial charge in [-0.3, -0.25) is 9.80 Å². The second-order valence-electron chi connectivity index (χ2n) is 4.95. The van der Waals surface area contributed by atoms with Gasteiger partial charge in [-0.1, -0.05) is 15.9 Å². The number of hydrogen-bond donors (Lipinski definition) is 0. The van der Waals surface area contributed by atoms with Crippen molar-refractivity contribution in [1.82, 2.24) is 14.7 Å². The van der Waals surface area contributed by atoms with Gasteiger partial charge in [-0.05, 0) is 14.1 Å². The molecule has 0 spiro atoms. The summed E-state index contributed by atoms with van der Waals surface area (Å²) < 4.78 is 37.2. The molecular formula is C11H21BrF3N3. The van der Waals surface area contributed by atoms with Gasteiger partial charge in [0.15, 0.2) is 0 Å². The van der Waals surface area contributed by atoms with Gasteiger partial charge in [0.2, 0.25) is 0 Å². The van der Waals surface area contributed by atoms with Crippen LogP contribution in [0.15, 0.2) is 0 Å². The van der Waals surface area contributed by atoms with Gasteiger partial charge in [0.05, 0.1) is 0 Å². The van der Waals surface area contributed by atoms with E-state index in [0.717, 1.165) is 26.2 Å². The van der Waals surface area contributed by atoms with Gasteiger partial charge in [-0.15, -0.1) is 0 Å². The number of likely N-dealkylation sites (N-methyl/N-ethyl adjacent to an activating group) is 1. The van der Waals surface area contributed by atoms with E-state index in [9.17, 15) is 13.2 Å². The molecule has 0 aromatic rings. The molecule has 1 saturated heterocycles. The lowest BCUT2D eigenvalue weighted by Crippen LogP contribution is -2.50. The first kappa shape index (κ1) is 16.2. The van der Waals surface area contributed by atoms with Crippen LogP contribution in [0.5, 0.6) is 0 Å². The summed E-state index contributed by atoms with van der Waals surface area (Å²) in [5.41, 5.74) is 0. The molecule has 1 atom stereocenters. The van der Waals surface area contributed by atoms with Crippen LogP contribution in [0.4, 0.5) is 13.2 Å². The molecule has 1 unspecified atom stereocenters. The van der Waals surface area contributed by atoms with E-state index in [-0.39, 0.29) is 6.54 Å². The molecule has 0 N–H and O–H groups in total. The van der Waals surface area contributed by atoms with E-state index < -0.39 is 11.0 Å². The van der Waals surface area contributed by atoms with Crippen LogP contribution >= 0.6 is 15.9 Å². The molecule has 1 heterocycles. The van der Waals surface area contributed by atoms with Crippen molar-refractivity contribution in [3.8, 4) is 0 Å². The summed E-state index contributed by atoms with van der Waals surface area (Å²) in [7, 11) is 4.05. The quantitative estimate of drug-likeness (QED) is 0.707. The first-order valence-electron chi connectivity index (χ1n) is 6.09. The van der Waals surface area contributed by atoms with Gasteiger partial charge in [-0.25, -0.2) is 0 Å². The Morgan fingerprint density at radius 3 is 2.06 bits per heavy atom. The molecule has 0 aromatic heterocycles. The number of halogens is 4. The molecule has 108 valence electrons. The molecule has 0 amide bonds. The Morgan fingerprint density at radius 1 is 1.11 bits per heavy atom. The summed E-state index contributed by atoms with van der Waals surface area (Å²) in [4.78, 5) is 4.87. The standard InChI is InChI=1S/C11H21BrF3N3/c1-16(2)3-4-17-5-7-18(8-6-17)9-10(12)11(13,14)15/h10H,3-9H2,1-2H3. The molecule has 0 aromatic carbocycles. The summed E-state index contributed by atoms with van der Waals surface area (Å²) in [6, 6.07) is 0. The van der Waals surface area contributed by atoms with Gasteiger partial charge < -0.3 is 4.90 Å². The van der Waals surface area contributed by atoms with Crippen LogP contribution in [0.2, 0.25) is 0 Å². The van der Waals surface area contributed by atoms with E-state index in [4.69, 9.17) is 0 Å². The second-order valence-corrected chi connectivity index (χ2v) is 6.06. The smallest absolute Gasteiger partial charge is 0.308 e. The molecule has 0 bridgehead atoms. The molecule has 1 fully saturated rings. The van der Waals surface area contributed by atoms with Gasteiger partial charge in [0.25, 0.3) is 0 Å². The Balaban J connectivity index is 2.23. The van der Waals surface area contributed by atoms with Gasteiger partial charge in [0.1, 0.15) is 4.83 Å². The van der Waals surface area contributed by atoms with Crippen molar-refractivity contribution in [1.29, 1.82) is 0 Å². The maximum Gasteiger partial charge on any atom is 0.402 e. The highest BCUT2D eigenvalue weighted by molar-refractivity contribution is 9.09. The summed E-state index contributed by atoms with van der Waals surface area (Å²) in [6.45, 7) is 5.15. The zero-order chi connectivity index (χ0) is 13.8. The van der Waals surface area contributed by atoms with Crippen LogP contribution in [-0.4, -0.2) is 85.6 Å². The Morgan fingerprint density at radius 2 is 1.61 bits per heavy atom. The summed E-state index contributed by atoms with van der Waals surface area (Å²) in [5.74, 6) is 0. The van der Waals surface area contributed by atoms with Crippen molar-refractivity contribution in [3.63, 3.8) is 0 Å². The van der Waals surface area contributed by atoms with Crippen LogP contribution in [0.25, 0.3) is 0 Å². The zero-order valence-electron chi connectivity index (χ0n) is 10.9. The minimum atomic E-state index is -4.15. The van der Waals surface area contributed by atoms with E-state index in [0.29, 0.717) is 13.1 Å². The highest BCUT2D eigenvalue weighted by Gasteiger charge is 2.38. The Kier molecular flexibility index (Phi) is 6.37. The van der Waals surface area contributed by atoms with Crippen molar-refractivity contribution >= 4 is 15.9 Å². The normalized spacial score (nSPS) is 21.5. The monoisotopic (exact) mass is 331 g/mol. The number of rotatable bonds is 5. The maximum atomic E-state index is 12.4. The highest BCUT2D eigenvalue weighted by Crippen LogP contribution is 2.27. The summed E-state index contributed by atoms with van der Waals surface area (Å²) in [6.07, 6.45) is -4.15. The predicted octanol–water partition coefficient (Wildman–Crippen LogP) is 1.49. The molecule has 0 saturated carbocycles. The number of nitrogens with zero attached hydrogens (tertiary/aromatic N) is 3. The van der Waals surface area contributed by atoms with Crippen LogP contribution in [0, 0.1) is 0 Å². The third-order valence-electron chi connectivity index (χ3n) is 3.10. The highest BCUT2D eigenvalue weighted by atomic mass is 79.9. The largest absolute Gasteiger partial charge is 0.402 e. The average molecular weight is 332 g/mol. The van der Waals surface area contributed by atoms with Crippen molar-refractivity contribution in [2.75, 3.05) is 59.9 Å². The van der Waals surface area contributed by atoms with E-state index in [2.05, 4.69) is 25.7 Å². The second kappa shape index (κ2) is 7.07. The molecule has 3 nitrogen and oxygen atoms in total. The van der Waals surface area contributed by atoms with Crippen LogP contribution in [0.1, 0.15) is 0 Å². The number of hydrogen-bond acceptors (Lipinski definition) is 3. The van der Waals surface area contributed by atoms with E-state index >= 15 is 0 Å². The van der Waals surface area contributed by atoms with E-state index in [1.165, 1.54) is 0 Å². The fraction of sp³-hybridized carbons (Fsp3) is 1.00. The van der Waals surface area contributed by atoms with Crippen LogP contribution in [-0.2, 0) is 0 Å². The topological polar surface area (TPSA) is 9.72 Å². The van der Waals surface area contributed by atoms with Crippen LogP contribution < -0.4 is 0 Å². The molecule has 1 aliphatic heterocycles. The van der Waals surface area contributed by atoms with Gasteiger partial charge in [0, 0.05) is 45.8 Å². The van der Waals surface area contributed by atoms with Crippen molar-refractivity contribution in [2.24, 2.45) is 0 Å². The lowest BCUT2D eigenvalue weighted by molar-refractivity contribution is -0.131. The lowest BCUT2D eigenvalue weighted by atomic mass is 10.3. The molecule has 1 rings (SSSR count). The third-order valence-corrected chi connectivity index (χ3v) is 3.91. The zero-order valence-corrected chi connectivity index (χ0v) is 12.5. The van der Waals surface area contributed by atoms with E-state index in [1.54, 1.807) is 0 Å². The molecule has 0 aliphatic carbocycles. The van der Waals surface area contributed by atoms with Gasteiger partial charge in [-0.2, -0.15) is 13.2 Å². The lowest BCUT2D eigenvalue weighted by Gasteiger charge is -2.36. The molecular weight excluding hydrogens is 311 g/mol. The van der Waals surface area contributed by atoms with Gasteiger partial charge >= 0.3 is 6.18 Å². The average Bonchev–Trinajstić information content (AvgIpc) is 2.26. The molecule has 18 heavy (non-hydrogen) atoms. The van der Waals surface area contributed by atoms with Crippen molar-refractivity contribution in [3.05, 3.63) is 0 Å².